The fourth-order valence-corrected chi connectivity index (χ4v) is 5.79. The van der Waals surface area contributed by atoms with Crippen LogP contribution in [-0.2, 0) is 20.8 Å². The summed E-state index contributed by atoms with van der Waals surface area (Å²) in [5.41, 5.74) is 2.34. The number of aromatic nitrogens is 5. The zero-order chi connectivity index (χ0) is 30.7. The standard InChI is InChI=1S/C29H36N8O5S/c1-18-23(11-21(13-30-18)33-25(38)10-19-6-7-35(15-19)28(40)42-29(2,3)4)34-26(39)22-14-32-37-17-24(43-27(22)37)20-12-31-36(16-20)8-9-41-5/h11-14,16-17,19H,6-10,15H2,1-5H3,(H,33,38)(H,34,39)/t19-/m1/s1. The van der Waals surface area contributed by atoms with Crippen LogP contribution in [0.3, 0.4) is 0 Å². The Morgan fingerprint density at radius 2 is 1.93 bits per heavy atom. The van der Waals surface area contributed by atoms with E-state index < -0.39 is 5.60 Å². The van der Waals surface area contributed by atoms with Crippen LogP contribution in [0, 0.1) is 12.8 Å². The number of carbonyl (C=O) groups excluding carboxylic acids is 3. The average molecular weight is 609 g/mol. The SMILES string of the molecule is COCCn1cc(-c2cn3ncc(C(=O)Nc4cc(NC(=O)C[C@H]5CCN(C(=O)OC(C)(C)C)C5)cnc4C)c3s2)cn1. The number of nitrogens with zero attached hydrogens (tertiary/aromatic N) is 6. The van der Waals surface area contributed by atoms with Crippen LogP contribution in [0.1, 0.15) is 49.7 Å². The minimum Gasteiger partial charge on any atom is -0.444 e. The van der Waals surface area contributed by atoms with Gasteiger partial charge in [0.05, 0.1) is 59.3 Å². The minimum atomic E-state index is -0.565. The largest absolute Gasteiger partial charge is 0.444 e. The number of aryl methyl sites for hydroxylation is 1. The van der Waals surface area contributed by atoms with Gasteiger partial charge >= 0.3 is 6.09 Å². The van der Waals surface area contributed by atoms with Gasteiger partial charge in [-0.05, 0) is 46.1 Å². The molecule has 5 rings (SSSR count). The second kappa shape index (κ2) is 12.5. The molecule has 14 heteroatoms. The molecule has 1 aliphatic heterocycles. The second-order valence-electron chi connectivity index (χ2n) is 11.5. The third-order valence-electron chi connectivity index (χ3n) is 6.91. The number of anilines is 2. The van der Waals surface area contributed by atoms with Gasteiger partial charge in [0.2, 0.25) is 5.91 Å². The maximum absolute atomic E-state index is 13.3. The molecule has 0 unspecified atom stereocenters. The van der Waals surface area contributed by atoms with Crippen molar-refractivity contribution in [3.63, 3.8) is 0 Å². The number of amides is 3. The summed E-state index contributed by atoms with van der Waals surface area (Å²) in [6, 6.07) is 1.69. The number of rotatable bonds is 9. The predicted octanol–water partition coefficient (Wildman–Crippen LogP) is 4.45. The lowest BCUT2D eigenvalue weighted by Crippen LogP contribution is -2.35. The van der Waals surface area contributed by atoms with Crippen LogP contribution in [-0.4, -0.2) is 79.6 Å². The van der Waals surface area contributed by atoms with E-state index in [-0.39, 0.29) is 30.2 Å². The van der Waals surface area contributed by atoms with E-state index in [9.17, 15) is 14.4 Å². The Bertz CT molecular complexity index is 1630. The van der Waals surface area contributed by atoms with Crippen LogP contribution >= 0.6 is 11.3 Å². The molecular formula is C29H36N8O5S. The molecule has 228 valence electrons. The normalized spacial score (nSPS) is 15.2. The van der Waals surface area contributed by atoms with E-state index in [1.165, 1.54) is 17.5 Å². The minimum absolute atomic E-state index is 0.0326. The lowest BCUT2D eigenvalue weighted by Gasteiger charge is -2.24. The highest BCUT2D eigenvalue weighted by molar-refractivity contribution is 7.21. The Kier molecular flexibility index (Phi) is 8.78. The third kappa shape index (κ3) is 7.38. The number of fused-ring (bicyclic) bond motifs is 1. The molecule has 1 atom stereocenters. The fourth-order valence-electron chi connectivity index (χ4n) is 4.76. The zero-order valence-electron chi connectivity index (χ0n) is 24.9. The molecule has 4 aromatic rings. The van der Waals surface area contributed by atoms with Crippen LogP contribution < -0.4 is 10.6 Å². The number of nitrogens with one attached hydrogen (secondary N) is 2. The Balaban J connectivity index is 1.20. The molecule has 0 aliphatic carbocycles. The van der Waals surface area contributed by atoms with Gasteiger partial charge in [0.15, 0.2) is 0 Å². The van der Waals surface area contributed by atoms with E-state index in [0.717, 1.165) is 16.9 Å². The number of likely N-dealkylation sites (tertiary alicyclic amines) is 1. The summed E-state index contributed by atoms with van der Waals surface area (Å²) >= 11 is 1.44. The summed E-state index contributed by atoms with van der Waals surface area (Å²) in [6.45, 7) is 9.50. The Labute approximate surface area is 253 Å². The van der Waals surface area contributed by atoms with E-state index in [4.69, 9.17) is 9.47 Å². The summed E-state index contributed by atoms with van der Waals surface area (Å²) in [7, 11) is 1.65. The van der Waals surface area contributed by atoms with Gasteiger partial charge in [0.1, 0.15) is 10.4 Å². The number of hydrogen-bond donors (Lipinski definition) is 2. The van der Waals surface area contributed by atoms with Crippen molar-refractivity contribution in [2.75, 3.05) is 37.4 Å². The zero-order valence-corrected chi connectivity index (χ0v) is 25.7. The maximum atomic E-state index is 13.3. The number of pyridine rings is 1. The van der Waals surface area contributed by atoms with Gasteiger partial charge in [-0.3, -0.25) is 19.3 Å². The summed E-state index contributed by atoms with van der Waals surface area (Å²) in [5, 5.41) is 14.5. The Hall–Kier alpha value is -4.30. The Morgan fingerprint density at radius 3 is 2.70 bits per heavy atom. The van der Waals surface area contributed by atoms with Crippen LogP contribution in [0.25, 0.3) is 15.3 Å². The van der Waals surface area contributed by atoms with E-state index in [2.05, 4.69) is 25.8 Å². The summed E-state index contributed by atoms with van der Waals surface area (Å²) in [6.07, 6.45) is 9.29. The molecule has 43 heavy (non-hydrogen) atoms. The molecule has 1 aliphatic rings. The molecule has 2 N–H and O–H groups in total. The highest BCUT2D eigenvalue weighted by atomic mass is 32.1. The van der Waals surface area contributed by atoms with Gasteiger partial charge < -0.3 is 25.0 Å². The molecule has 13 nitrogen and oxygen atoms in total. The monoisotopic (exact) mass is 608 g/mol. The number of thiazole rings is 1. The predicted molar refractivity (Wildman–Crippen MR) is 162 cm³/mol. The van der Waals surface area contributed by atoms with Crippen molar-refractivity contribution in [1.82, 2.24) is 29.3 Å². The molecule has 0 saturated carbocycles. The molecule has 0 spiro atoms. The first-order chi connectivity index (χ1) is 20.5. The van der Waals surface area contributed by atoms with Crippen molar-refractivity contribution < 1.29 is 23.9 Å². The molecule has 4 aromatic heterocycles. The number of methoxy groups -OCH3 is 1. The first kappa shape index (κ1) is 30.2. The highest BCUT2D eigenvalue weighted by Crippen LogP contribution is 2.31. The molecule has 1 saturated heterocycles. The van der Waals surface area contributed by atoms with Crippen molar-refractivity contribution in [3.8, 4) is 10.4 Å². The number of carbonyl (C=O) groups is 3. The molecule has 3 amide bonds. The molecule has 1 fully saturated rings. The van der Waals surface area contributed by atoms with Gasteiger partial charge in [0.25, 0.3) is 5.91 Å². The van der Waals surface area contributed by atoms with Crippen molar-refractivity contribution in [1.29, 1.82) is 0 Å². The van der Waals surface area contributed by atoms with Crippen molar-refractivity contribution >= 4 is 45.4 Å². The van der Waals surface area contributed by atoms with Gasteiger partial charge in [-0.1, -0.05) is 0 Å². The van der Waals surface area contributed by atoms with E-state index in [0.29, 0.717) is 53.7 Å². The second-order valence-corrected chi connectivity index (χ2v) is 12.6. The quantitative estimate of drug-likeness (QED) is 0.284. The fraction of sp³-hybridized carbons (Fsp3) is 0.448. The topological polar surface area (TPSA) is 145 Å². The summed E-state index contributed by atoms with van der Waals surface area (Å²) < 4.78 is 14.0. The van der Waals surface area contributed by atoms with Crippen LogP contribution in [0.2, 0.25) is 0 Å². The van der Waals surface area contributed by atoms with Gasteiger partial charge in [-0.25, -0.2) is 9.31 Å². The number of hydrogen-bond acceptors (Lipinski definition) is 9. The lowest BCUT2D eigenvalue weighted by molar-refractivity contribution is -0.117. The van der Waals surface area contributed by atoms with Gasteiger partial charge in [-0.15, -0.1) is 11.3 Å². The molecule has 5 heterocycles. The van der Waals surface area contributed by atoms with E-state index in [1.54, 1.807) is 41.9 Å². The number of ether oxygens (including phenoxy) is 2. The molecular weight excluding hydrogens is 572 g/mol. The van der Waals surface area contributed by atoms with Crippen LogP contribution in [0.5, 0.6) is 0 Å². The van der Waals surface area contributed by atoms with E-state index in [1.807, 2.05) is 37.8 Å². The first-order valence-electron chi connectivity index (χ1n) is 14.0. The molecule has 0 bridgehead atoms. The van der Waals surface area contributed by atoms with E-state index >= 15 is 0 Å². The van der Waals surface area contributed by atoms with Crippen molar-refractivity contribution in [2.45, 2.75) is 52.7 Å². The van der Waals surface area contributed by atoms with Crippen molar-refractivity contribution in [2.24, 2.45) is 5.92 Å². The average Bonchev–Trinajstić information content (AvgIpc) is 3.72. The summed E-state index contributed by atoms with van der Waals surface area (Å²) in [5.74, 6) is -0.486. The van der Waals surface area contributed by atoms with Crippen LogP contribution in [0.15, 0.2) is 37.1 Å². The van der Waals surface area contributed by atoms with Crippen molar-refractivity contribution in [3.05, 3.63) is 48.3 Å². The van der Waals surface area contributed by atoms with Crippen LogP contribution in [0.4, 0.5) is 16.2 Å². The smallest absolute Gasteiger partial charge is 0.410 e. The molecule has 0 radical (unpaired) electrons. The molecule has 0 aromatic carbocycles. The van der Waals surface area contributed by atoms with Gasteiger partial charge in [0, 0.05) is 44.6 Å². The highest BCUT2D eigenvalue weighted by Gasteiger charge is 2.31. The lowest BCUT2D eigenvalue weighted by atomic mass is 10.0. The maximum Gasteiger partial charge on any atom is 0.410 e. The summed E-state index contributed by atoms with van der Waals surface area (Å²) in [4.78, 5) is 46.1. The third-order valence-corrected chi connectivity index (χ3v) is 8.07. The first-order valence-corrected chi connectivity index (χ1v) is 14.9. The van der Waals surface area contributed by atoms with Gasteiger partial charge in [-0.2, -0.15) is 10.2 Å². The Morgan fingerprint density at radius 1 is 1.12 bits per heavy atom.